The molecule has 3 amide bonds. The third-order valence-corrected chi connectivity index (χ3v) is 7.91. The van der Waals surface area contributed by atoms with E-state index in [-0.39, 0.29) is 53.5 Å². The Morgan fingerprint density at radius 3 is 1.23 bits per heavy atom. The Morgan fingerprint density at radius 1 is 0.574 bits per heavy atom. The second-order valence-corrected chi connectivity index (χ2v) is 12.3. The number of anilines is 3. The van der Waals surface area contributed by atoms with Gasteiger partial charge in [-0.05, 0) is 87.5 Å². The van der Waals surface area contributed by atoms with Gasteiger partial charge < -0.3 is 20.7 Å². The van der Waals surface area contributed by atoms with Crippen LogP contribution in [0.4, 0.5) is 57.0 Å². The molecule has 0 saturated carbocycles. The molecule has 6 N–H and O–H groups in total. The van der Waals surface area contributed by atoms with Gasteiger partial charge in [0.2, 0.25) is 17.7 Å². The van der Waals surface area contributed by atoms with Crippen LogP contribution in [0.25, 0.3) is 32.7 Å². The molecule has 0 bridgehead atoms. The van der Waals surface area contributed by atoms with Crippen molar-refractivity contribution in [2.75, 3.05) is 22.6 Å². The highest BCUT2D eigenvalue weighted by Gasteiger charge is 2.32. The van der Waals surface area contributed by atoms with Crippen molar-refractivity contribution in [3.8, 4) is 0 Å². The van der Waals surface area contributed by atoms with E-state index in [4.69, 9.17) is 4.74 Å². The first-order chi connectivity index (χ1) is 28.6. The lowest BCUT2D eigenvalue weighted by Crippen LogP contribution is -2.15. The molecule has 3 aromatic heterocycles. The van der Waals surface area contributed by atoms with Crippen molar-refractivity contribution < 1.29 is 63.4 Å². The molecule has 61 heavy (non-hydrogen) atoms. The minimum atomic E-state index is -4.46. The molecule has 3 aromatic carbocycles. The number of aromatic amines is 3. The number of hydrogen-bond acceptors (Lipinski definition) is 8. The van der Waals surface area contributed by atoms with Crippen LogP contribution in [-0.2, 0) is 42.4 Å². The molecule has 0 atom stereocenters. The Hall–Kier alpha value is -7.20. The monoisotopic (exact) mass is 867 g/mol. The van der Waals surface area contributed by atoms with E-state index in [2.05, 4.69) is 46.5 Å². The van der Waals surface area contributed by atoms with E-state index >= 15 is 0 Å². The number of halogens is 9. The number of carbonyl (C=O) groups excluding carboxylic acids is 4. The maximum Gasteiger partial charge on any atom is 0.416 e. The van der Waals surface area contributed by atoms with Gasteiger partial charge in [-0.25, -0.2) is 0 Å². The first-order valence-electron chi connectivity index (χ1n) is 17.6. The molecule has 0 aliphatic carbocycles. The number of fused-ring (bicyclic) bond motifs is 3. The van der Waals surface area contributed by atoms with Gasteiger partial charge >= 0.3 is 24.5 Å². The minimum Gasteiger partial charge on any atom is -0.466 e. The highest BCUT2D eigenvalue weighted by molar-refractivity contribution is 6.05. The predicted molar refractivity (Wildman–Crippen MR) is 205 cm³/mol. The molecular weight excluding hydrogens is 833 g/mol. The number of carbonyl (C=O) groups is 4. The normalized spacial score (nSPS) is 11.9. The van der Waals surface area contributed by atoms with Crippen LogP contribution in [0.5, 0.6) is 0 Å². The molecule has 0 radical (unpaired) electrons. The fourth-order valence-corrected chi connectivity index (χ4v) is 5.14. The predicted octanol–water partition coefficient (Wildman–Crippen LogP) is 9.06. The van der Waals surface area contributed by atoms with Gasteiger partial charge in [0, 0.05) is 22.6 Å². The molecule has 324 valence electrons. The van der Waals surface area contributed by atoms with Crippen molar-refractivity contribution in [1.29, 1.82) is 0 Å². The van der Waals surface area contributed by atoms with E-state index in [1.165, 1.54) is 30.4 Å². The Kier molecular flexibility index (Phi) is 15.0. The smallest absolute Gasteiger partial charge is 0.416 e. The van der Waals surface area contributed by atoms with Gasteiger partial charge in [0.05, 0.1) is 46.3 Å². The van der Waals surface area contributed by atoms with Crippen LogP contribution in [0.1, 0.15) is 50.3 Å². The van der Waals surface area contributed by atoms with Crippen molar-refractivity contribution in [3.63, 3.8) is 0 Å². The Morgan fingerprint density at radius 2 is 0.918 bits per heavy atom. The summed E-state index contributed by atoms with van der Waals surface area (Å²) in [7, 11) is 0. The van der Waals surface area contributed by atoms with Crippen LogP contribution in [0, 0.1) is 0 Å². The van der Waals surface area contributed by atoms with Gasteiger partial charge in [-0.1, -0.05) is 12.2 Å². The van der Waals surface area contributed by atoms with Crippen LogP contribution in [0.3, 0.4) is 0 Å². The van der Waals surface area contributed by atoms with Gasteiger partial charge in [0.25, 0.3) is 0 Å². The second kappa shape index (κ2) is 19.7. The van der Waals surface area contributed by atoms with Gasteiger partial charge in [-0.15, -0.1) is 0 Å². The van der Waals surface area contributed by atoms with E-state index < -0.39 is 58.9 Å². The van der Waals surface area contributed by atoms with E-state index in [1.54, 1.807) is 32.9 Å². The number of esters is 1. The van der Waals surface area contributed by atoms with Crippen LogP contribution >= 0.6 is 0 Å². The third-order valence-electron chi connectivity index (χ3n) is 7.91. The molecule has 0 saturated heterocycles. The molecule has 3 heterocycles. The summed E-state index contributed by atoms with van der Waals surface area (Å²) in [4.78, 5) is 45.6. The Labute approximate surface area is 338 Å². The summed E-state index contributed by atoms with van der Waals surface area (Å²) in [6.45, 7) is 5.24. The van der Waals surface area contributed by atoms with E-state index in [1.807, 2.05) is 0 Å². The number of rotatable bonds is 9. The molecule has 6 rings (SSSR count). The van der Waals surface area contributed by atoms with Crippen LogP contribution < -0.4 is 16.0 Å². The first-order valence-corrected chi connectivity index (χ1v) is 17.6. The number of hydrogen-bond donors (Lipinski definition) is 6. The molecule has 0 unspecified atom stereocenters. The summed E-state index contributed by atoms with van der Waals surface area (Å²) in [5.74, 6) is -1.25. The fraction of sp³-hybridized carbons (Fsp3) is 0.237. The van der Waals surface area contributed by atoms with Crippen LogP contribution in [0.2, 0.25) is 0 Å². The third kappa shape index (κ3) is 12.9. The summed E-state index contributed by atoms with van der Waals surface area (Å²) >= 11 is 0. The number of alkyl halides is 9. The SMILES string of the molecule is C/C=C/C(=O)Nc1n[nH]c2cc(C(F)(F)F)ccc12.C/C=C\C(=O)Nc1n[nH]c2cc(C(F)(F)F)ccc12.CCOC(=O)CCC(=O)Nc1n[nH]c2cc(C(F)(F)F)ccc12. The quantitative estimate of drug-likeness (QED) is 0.0470. The van der Waals surface area contributed by atoms with Crippen molar-refractivity contribution in [1.82, 2.24) is 30.6 Å². The lowest BCUT2D eigenvalue weighted by atomic mass is 10.1. The molecule has 0 spiro atoms. The summed E-state index contributed by atoms with van der Waals surface area (Å²) < 4.78 is 118. The number of benzene rings is 3. The number of nitrogens with zero attached hydrogens (tertiary/aromatic N) is 3. The Balaban J connectivity index is 0.000000203. The van der Waals surface area contributed by atoms with Gasteiger partial charge in [-0.2, -0.15) is 54.8 Å². The zero-order valence-corrected chi connectivity index (χ0v) is 31.9. The van der Waals surface area contributed by atoms with E-state index in [0.717, 1.165) is 36.4 Å². The van der Waals surface area contributed by atoms with Crippen molar-refractivity contribution in [3.05, 3.63) is 95.6 Å². The van der Waals surface area contributed by atoms with Gasteiger partial charge in [0.1, 0.15) is 0 Å². The summed E-state index contributed by atoms with van der Waals surface area (Å²) in [5.41, 5.74) is -1.77. The Bertz CT molecular complexity index is 2460. The molecule has 0 aliphatic rings. The lowest BCUT2D eigenvalue weighted by Gasteiger charge is -2.06. The molecule has 6 aromatic rings. The maximum atomic E-state index is 12.6. The summed E-state index contributed by atoms with van der Waals surface area (Å²) in [5, 5.41) is 27.3. The molecule has 0 aliphatic heterocycles. The van der Waals surface area contributed by atoms with E-state index in [0.29, 0.717) is 16.2 Å². The standard InChI is InChI=1S/C14H14F3N3O3.2C12H10F3N3O/c1-2-23-12(22)6-5-11(21)18-13-9-4-3-8(14(15,16)17)7-10(9)19-20-13;2*1-2-3-10(19)16-11-8-5-4-7(12(13,14)15)6-9(8)17-18-11/h3-4,7H,2,5-6H2,1H3,(H2,18,19,20,21);2*2-6H,1H3,(H2,16,17,18,19)/b;3-2+;3-2-. The number of aromatic nitrogens is 6. The van der Waals surface area contributed by atoms with Crippen molar-refractivity contribution >= 4 is 73.9 Å². The first kappa shape index (κ1) is 46.5. The summed E-state index contributed by atoms with van der Waals surface area (Å²) in [6.07, 6.45) is -7.77. The zero-order chi connectivity index (χ0) is 45.1. The molecule has 0 fully saturated rings. The van der Waals surface area contributed by atoms with Gasteiger partial charge in [-0.3, -0.25) is 34.5 Å². The largest absolute Gasteiger partial charge is 0.466 e. The van der Waals surface area contributed by atoms with Crippen molar-refractivity contribution in [2.45, 2.75) is 52.1 Å². The number of amides is 3. The maximum absolute atomic E-state index is 12.6. The average molecular weight is 868 g/mol. The number of H-pyrrole nitrogens is 3. The van der Waals surface area contributed by atoms with Crippen molar-refractivity contribution in [2.24, 2.45) is 0 Å². The highest BCUT2D eigenvalue weighted by Crippen LogP contribution is 2.35. The number of allylic oxidation sites excluding steroid dienone is 2. The molecular formula is C38H34F9N9O5. The topological polar surface area (TPSA) is 200 Å². The average Bonchev–Trinajstić information content (AvgIpc) is 3.90. The zero-order valence-electron chi connectivity index (χ0n) is 31.9. The fourth-order valence-electron chi connectivity index (χ4n) is 5.14. The lowest BCUT2D eigenvalue weighted by molar-refractivity contribution is -0.144. The van der Waals surface area contributed by atoms with Crippen LogP contribution in [-0.4, -0.2) is 60.9 Å². The number of ether oxygens (including phenoxy) is 1. The second-order valence-electron chi connectivity index (χ2n) is 12.3. The molecule has 14 nitrogen and oxygen atoms in total. The van der Waals surface area contributed by atoms with E-state index in [9.17, 15) is 58.7 Å². The number of nitrogens with one attached hydrogen (secondary N) is 6. The van der Waals surface area contributed by atoms with Gasteiger partial charge in [0.15, 0.2) is 17.5 Å². The summed E-state index contributed by atoms with van der Waals surface area (Å²) in [6, 6.07) is 9.39. The minimum absolute atomic E-state index is 0.0831. The highest BCUT2D eigenvalue weighted by atomic mass is 19.4. The van der Waals surface area contributed by atoms with Crippen LogP contribution in [0.15, 0.2) is 78.9 Å². The molecule has 23 heteroatoms.